The van der Waals surface area contributed by atoms with Gasteiger partial charge in [-0.2, -0.15) is 0 Å². The number of likely N-dealkylation sites (N-methyl/N-ethyl adjacent to an activating group) is 1. The highest BCUT2D eigenvalue weighted by Gasteiger charge is 2.40. The highest BCUT2D eigenvalue weighted by molar-refractivity contribution is 5.87. The first-order valence-corrected chi connectivity index (χ1v) is 13.1. The molecule has 0 radical (unpaired) electrons. The van der Waals surface area contributed by atoms with Crippen LogP contribution in [0.4, 0.5) is 10.6 Å². The molecule has 4 heterocycles. The van der Waals surface area contributed by atoms with Crippen LogP contribution >= 0.6 is 0 Å². The number of hydrogen-bond donors (Lipinski definition) is 2. The second-order valence-corrected chi connectivity index (χ2v) is 10.8. The lowest BCUT2D eigenvalue weighted by Gasteiger charge is -2.41. The van der Waals surface area contributed by atoms with Gasteiger partial charge in [0.05, 0.1) is 0 Å². The Morgan fingerprint density at radius 1 is 1.16 bits per heavy atom. The number of piperidine rings is 1. The maximum atomic E-state index is 12.7. The number of amides is 2. The topological polar surface area (TPSA) is 120 Å². The van der Waals surface area contributed by atoms with Crippen LogP contribution in [0.5, 0.6) is 0 Å². The van der Waals surface area contributed by atoms with Crippen LogP contribution in [0.25, 0.3) is 11.2 Å². The molecule has 2 aliphatic rings. The largest absolute Gasteiger partial charge is 0.465 e. The summed E-state index contributed by atoms with van der Waals surface area (Å²) in [6.07, 6.45) is 4.73. The van der Waals surface area contributed by atoms with E-state index in [1.165, 1.54) is 0 Å². The number of anilines is 1. The lowest BCUT2D eigenvalue weighted by atomic mass is 9.87. The number of aryl methyl sites for hydroxylation is 2. The molecule has 2 saturated heterocycles. The first-order valence-electron chi connectivity index (χ1n) is 13.1. The Morgan fingerprint density at radius 3 is 2.59 bits per heavy atom. The third-order valence-corrected chi connectivity index (χ3v) is 7.39. The maximum absolute atomic E-state index is 12.7. The predicted molar refractivity (Wildman–Crippen MR) is 143 cm³/mol. The van der Waals surface area contributed by atoms with Gasteiger partial charge in [0.25, 0.3) is 0 Å². The van der Waals surface area contributed by atoms with Crippen molar-refractivity contribution in [3.63, 3.8) is 0 Å². The quantitative estimate of drug-likeness (QED) is 0.544. The summed E-state index contributed by atoms with van der Waals surface area (Å²) < 4.78 is 2.11. The van der Waals surface area contributed by atoms with Gasteiger partial charge in [0.1, 0.15) is 11.6 Å². The van der Waals surface area contributed by atoms with E-state index in [0.717, 1.165) is 23.4 Å². The number of imidazole rings is 1. The third-order valence-electron chi connectivity index (χ3n) is 7.39. The van der Waals surface area contributed by atoms with Crippen LogP contribution in [0.15, 0.2) is 12.2 Å². The Morgan fingerprint density at radius 2 is 1.92 bits per heavy atom. The molecule has 0 aromatic carbocycles. The molecule has 3 unspecified atom stereocenters. The molecule has 4 rings (SSSR count). The van der Waals surface area contributed by atoms with E-state index in [4.69, 9.17) is 4.98 Å². The fourth-order valence-corrected chi connectivity index (χ4v) is 5.69. The number of fused-ring (bicyclic) bond motifs is 1. The lowest BCUT2D eigenvalue weighted by molar-refractivity contribution is -0.125. The fraction of sp³-hybridized carbons (Fsp3) is 0.654. The minimum Gasteiger partial charge on any atom is -0.465 e. The summed E-state index contributed by atoms with van der Waals surface area (Å²) in [5, 5.41) is 13.5. The van der Waals surface area contributed by atoms with Crippen molar-refractivity contribution in [3.8, 4) is 0 Å². The molecule has 11 heteroatoms. The van der Waals surface area contributed by atoms with E-state index < -0.39 is 6.09 Å². The molecule has 2 N–H and O–H groups in total. The van der Waals surface area contributed by atoms with Crippen LogP contribution in [0.1, 0.15) is 50.8 Å². The predicted octanol–water partition coefficient (Wildman–Crippen LogP) is 2.91. The number of carbonyl (C=O) groups excluding carboxylic acids is 1. The SMILES string of the molecule is Cc1nc(NC2CCN(C(=O)O)C(C3CCN(C(=O)/C=C/CN(C)C)C3)C2)c2nc(C)n(C(C)C)c2n1. The molecule has 202 valence electrons. The molecule has 0 saturated carbocycles. The van der Waals surface area contributed by atoms with E-state index in [-0.39, 0.29) is 30.0 Å². The van der Waals surface area contributed by atoms with E-state index in [9.17, 15) is 14.7 Å². The number of hydrogen-bond acceptors (Lipinski definition) is 7. The molecule has 0 aliphatic carbocycles. The van der Waals surface area contributed by atoms with Crippen molar-refractivity contribution in [2.75, 3.05) is 45.6 Å². The molecule has 2 aromatic heterocycles. The molecule has 11 nitrogen and oxygen atoms in total. The molecular weight excluding hydrogens is 472 g/mol. The number of nitrogens with zero attached hydrogens (tertiary/aromatic N) is 7. The minimum atomic E-state index is -0.898. The average molecular weight is 513 g/mol. The summed E-state index contributed by atoms with van der Waals surface area (Å²) in [4.78, 5) is 44.3. The molecule has 37 heavy (non-hydrogen) atoms. The average Bonchev–Trinajstić information content (AvgIpc) is 3.43. The first kappa shape index (κ1) is 26.8. The summed E-state index contributed by atoms with van der Waals surface area (Å²) >= 11 is 0. The fourth-order valence-electron chi connectivity index (χ4n) is 5.69. The molecule has 2 aliphatic heterocycles. The Kier molecular flexibility index (Phi) is 8.01. The molecule has 2 amide bonds. The van der Waals surface area contributed by atoms with Crippen LogP contribution in [-0.2, 0) is 4.79 Å². The monoisotopic (exact) mass is 512 g/mol. The standard InChI is InChI=1S/C26H40N8O3/c1-16(2)34-18(4)29-23-24(27-17(3)28-25(23)34)30-20-10-13-33(26(36)37)21(14-20)19-9-12-32(15-19)22(35)8-7-11-31(5)6/h7-8,16,19-21H,9-15H2,1-6H3,(H,36,37)(H,27,28,30)/b8-7+. The maximum Gasteiger partial charge on any atom is 0.407 e. The van der Waals surface area contributed by atoms with Crippen molar-refractivity contribution >= 4 is 29.0 Å². The first-order chi connectivity index (χ1) is 17.5. The normalized spacial score (nSPS) is 22.6. The number of likely N-dealkylation sites (tertiary alicyclic amines) is 2. The molecule has 3 atom stereocenters. The van der Waals surface area contributed by atoms with Crippen molar-refractivity contribution in [2.24, 2.45) is 5.92 Å². The summed E-state index contributed by atoms with van der Waals surface area (Å²) in [7, 11) is 3.92. The minimum absolute atomic E-state index is 0.00771. The Hall–Kier alpha value is -3.21. The number of carboxylic acid groups (broad SMARTS) is 1. The molecule has 0 bridgehead atoms. The molecule has 0 spiro atoms. The lowest BCUT2D eigenvalue weighted by Crippen LogP contribution is -2.52. The Balaban J connectivity index is 1.50. The highest BCUT2D eigenvalue weighted by Crippen LogP contribution is 2.32. The van der Waals surface area contributed by atoms with Crippen molar-refractivity contribution in [2.45, 2.75) is 65.1 Å². The van der Waals surface area contributed by atoms with Crippen LogP contribution in [-0.4, -0.2) is 104 Å². The van der Waals surface area contributed by atoms with Crippen LogP contribution in [0, 0.1) is 19.8 Å². The number of rotatable bonds is 7. The Labute approximate surface area is 218 Å². The van der Waals surface area contributed by atoms with Gasteiger partial charge in [-0.25, -0.2) is 19.7 Å². The van der Waals surface area contributed by atoms with Gasteiger partial charge in [0.2, 0.25) is 5.91 Å². The second-order valence-electron chi connectivity index (χ2n) is 10.8. The van der Waals surface area contributed by atoms with E-state index in [0.29, 0.717) is 50.7 Å². The molecule has 2 aromatic rings. The summed E-state index contributed by atoms with van der Waals surface area (Å²) in [5.41, 5.74) is 1.56. The van der Waals surface area contributed by atoms with Gasteiger partial charge in [-0.3, -0.25) is 4.79 Å². The van der Waals surface area contributed by atoms with Gasteiger partial charge in [0, 0.05) is 50.4 Å². The zero-order valence-electron chi connectivity index (χ0n) is 22.8. The van der Waals surface area contributed by atoms with Gasteiger partial charge in [0.15, 0.2) is 17.0 Å². The Bertz CT molecular complexity index is 1170. The number of aromatic nitrogens is 4. The van der Waals surface area contributed by atoms with E-state index >= 15 is 0 Å². The smallest absolute Gasteiger partial charge is 0.407 e. The third kappa shape index (κ3) is 5.87. The van der Waals surface area contributed by atoms with E-state index in [2.05, 4.69) is 33.7 Å². The van der Waals surface area contributed by atoms with Crippen LogP contribution < -0.4 is 5.32 Å². The summed E-state index contributed by atoms with van der Waals surface area (Å²) in [5.74, 6) is 2.35. The van der Waals surface area contributed by atoms with Crippen LogP contribution in [0.2, 0.25) is 0 Å². The highest BCUT2D eigenvalue weighted by atomic mass is 16.4. The van der Waals surface area contributed by atoms with E-state index in [1.807, 2.05) is 43.8 Å². The van der Waals surface area contributed by atoms with Gasteiger partial charge in [-0.15, -0.1) is 0 Å². The number of carbonyl (C=O) groups is 2. The van der Waals surface area contributed by atoms with Crippen molar-refractivity contribution in [1.82, 2.24) is 34.2 Å². The van der Waals surface area contributed by atoms with Crippen molar-refractivity contribution in [1.29, 1.82) is 0 Å². The van der Waals surface area contributed by atoms with Crippen molar-refractivity contribution in [3.05, 3.63) is 23.8 Å². The summed E-state index contributed by atoms with van der Waals surface area (Å²) in [6.45, 7) is 10.4. The van der Waals surface area contributed by atoms with Crippen molar-refractivity contribution < 1.29 is 14.7 Å². The van der Waals surface area contributed by atoms with Gasteiger partial charge in [-0.05, 0) is 67.0 Å². The number of nitrogens with one attached hydrogen (secondary N) is 1. The molecule has 2 fully saturated rings. The van der Waals surface area contributed by atoms with Gasteiger partial charge < -0.3 is 29.7 Å². The van der Waals surface area contributed by atoms with Gasteiger partial charge >= 0.3 is 6.09 Å². The summed E-state index contributed by atoms with van der Waals surface area (Å²) in [6, 6.07) is 0.106. The van der Waals surface area contributed by atoms with Gasteiger partial charge in [-0.1, -0.05) is 6.08 Å². The van der Waals surface area contributed by atoms with Crippen LogP contribution in [0.3, 0.4) is 0 Å². The second kappa shape index (κ2) is 11.0. The van der Waals surface area contributed by atoms with E-state index in [1.54, 1.807) is 11.0 Å². The zero-order valence-corrected chi connectivity index (χ0v) is 22.8. The zero-order chi connectivity index (χ0) is 26.9. The molecular formula is C26H40N8O3.